The van der Waals surface area contributed by atoms with Crippen molar-refractivity contribution in [3.63, 3.8) is 0 Å². The normalized spacial score (nSPS) is 10.5. The van der Waals surface area contributed by atoms with Crippen molar-refractivity contribution in [2.45, 2.75) is 26.7 Å². The quantitative estimate of drug-likeness (QED) is 0.772. The lowest BCUT2D eigenvalue weighted by Gasteiger charge is -2.15. The molecule has 0 fully saturated rings. The molecule has 1 aromatic rings. The molecule has 0 atom stereocenters. The van der Waals surface area contributed by atoms with Gasteiger partial charge in [-0.3, -0.25) is 0 Å². The highest BCUT2D eigenvalue weighted by molar-refractivity contribution is 6.31. The van der Waals surface area contributed by atoms with Crippen LogP contribution in [0.15, 0.2) is 12.1 Å². The van der Waals surface area contributed by atoms with Crippen LogP contribution >= 0.6 is 11.6 Å². The summed E-state index contributed by atoms with van der Waals surface area (Å²) < 4.78 is 10.3. The van der Waals surface area contributed by atoms with E-state index in [9.17, 15) is 4.79 Å². The summed E-state index contributed by atoms with van der Waals surface area (Å²) in [5.41, 5.74) is 1.29. The van der Waals surface area contributed by atoms with Gasteiger partial charge in [-0.05, 0) is 30.5 Å². The molecule has 17 heavy (non-hydrogen) atoms. The Hall–Kier alpha value is -1.22. The Morgan fingerprint density at radius 1 is 1.41 bits per heavy atom. The van der Waals surface area contributed by atoms with Crippen molar-refractivity contribution in [1.82, 2.24) is 0 Å². The van der Waals surface area contributed by atoms with Crippen molar-refractivity contribution < 1.29 is 14.3 Å². The number of carbonyl (C=O) groups excluding carboxylic acids is 1. The van der Waals surface area contributed by atoms with E-state index in [0.29, 0.717) is 22.9 Å². The van der Waals surface area contributed by atoms with Crippen LogP contribution in [0.2, 0.25) is 5.02 Å². The lowest BCUT2D eigenvalue weighted by Crippen LogP contribution is -2.09. The number of rotatable bonds is 4. The fourth-order valence-corrected chi connectivity index (χ4v) is 1.86. The molecule has 0 aliphatic rings. The minimum Gasteiger partial charge on any atom is -0.496 e. The molecular weight excluding hydrogens is 240 g/mol. The third-order valence-corrected chi connectivity index (χ3v) is 2.62. The van der Waals surface area contributed by atoms with Crippen molar-refractivity contribution >= 4 is 17.6 Å². The number of halogens is 1. The Bertz CT molecular complexity index is 413. The lowest BCUT2D eigenvalue weighted by atomic mass is 9.99. The first-order chi connectivity index (χ1) is 8.01. The second-order valence-electron chi connectivity index (χ2n) is 3.95. The van der Waals surface area contributed by atoms with Gasteiger partial charge >= 0.3 is 5.97 Å². The maximum atomic E-state index is 11.8. The van der Waals surface area contributed by atoms with E-state index in [4.69, 9.17) is 21.1 Å². The standard InChI is InChI=1S/C13H17ClO3/c1-5-17-13(15)11-7-9(14)6-10(8(2)3)12(11)16-4/h6-8H,5H2,1-4H3. The molecule has 94 valence electrons. The minimum atomic E-state index is -0.409. The first kappa shape index (κ1) is 13.8. The summed E-state index contributed by atoms with van der Waals surface area (Å²) in [6.07, 6.45) is 0. The van der Waals surface area contributed by atoms with E-state index in [1.807, 2.05) is 19.9 Å². The molecule has 0 radical (unpaired) electrons. The Labute approximate surface area is 107 Å². The number of hydrogen-bond donors (Lipinski definition) is 0. The Morgan fingerprint density at radius 2 is 2.06 bits per heavy atom. The van der Waals surface area contributed by atoms with Crippen LogP contribution in [-0.2, 0) is 4.74 Å². The molecule has 1 rings (SSSR count). The summed E-state index contributed by atoms with van der Waals surface area (Å²) in [6.45, 7) is 6.12. The summed E-state index contributed by atoms with van der Waals surface area (Å²) in [4.78, 5) is 11.8. The van der Waals surface area contributed by atoms with Gasteiger partial charge in [0.25, 0.3) is 0 Å². The monoisotopic (exact) mass is 256 g/mol. The Morgan fingerprint density at radius 3 is 2.53 bits per heavy atom. The van der Waals surface area contributed by atoms with Crippen LogP contribution in [0.1, 0.15) is 42.6 Å². The van der Waals surface area contributed by atoms with Gasteiger partial charge in [0.2, 0.25) is 0 Å². The molecule has 0 amide bonds. The molecule has 0 aliphatic heterocycles. The number of carbonyl (C=O) groups is 1. The predicted octanol–water partition coefficient (Wildman–Crippen LogP) is 3.65. The van der Waals surface area contributed by atoms with Gasteiger partial charge in [0.15, 0.2) is 0 Å². The molecule has 0 N–H and O–H groups in total. The van der Waals surface area contributed by atoms with Crippen molar-refractivity contribution in [3.05, 3.63) is 28.3 Å². The van der Waals surface area contributed by atoms with Gasteiger partial charge in [0.05, 0.1) is 13.7 Å². The molecule has 4 heteroatoms. The summed E-state index contributed by atoms with van der Waals surface area (Å²) in [5, 5.41) is 0.512. The molecule has 0 heterocycles. The summed E-state index contributed by atoms with van der Waals surface area (Å²) in [7, 11) is 1.54. The highest BCUT2D eigenvalue weighted by atomic mass is 35.5. The molecule has 1 aromatic carbocycles. The van der Waals surface area contributed by atoms with Gasteiger partial charge in [-0.2, -0.15) is 0 Å². The average molecular weight is 257 g/mol. The van der Waals surface area contributed by atoms with Crippen LogP contribution in [0, 0.1) is 0 Å². The van der Waals surface area contributed by atoms with Crippen LogP contribution in [0.5, 0.6) is 5.75 Å². The first-order valence-electron chi connectivity index (χ1n) is 5.55. The number of ether oxygens (including phenoxy) is 2. The highest BCUT2D eigenvalue weighted by Gasteiger charge is 2.19. The highest BCUT2D eigenvalue weighted by Crippen LogP contribution is 2.33. The van der Waals surface area contributed by atoms with Crippen LogP contribution in [0.3, 0.4) is 0 Å². The fraction of sp³-hybridized carbons (Fsp3) is 0.462. The zero-order valence-electron chi connectivity index (χ0n) is 10.5. The molecule has 0 bridgehead atoms. The molecular formula is C13H17ClO3. The third-order valence-electron chi connectivity index (χ3n) is 2.40. The molecule has 0 saturated carbocycles. The van der Waals surface area contributed by atoms with Crippen LogP contribution in [0.25, 0.3) is 0 Å². The molecule has 0 aliphatic carbocycles. The zero-order valence-corrected chi connectivity index (χ0v) is 11.3. The van der Waals surface area contributed by atoms with E-state index in [1.54, 1.807) is 13.0 Å². The van der Waals surface area contributed by atoms with Gasteiger partial charge in [0, 0.05) is 5.02 Å². The largest absolute Gasteiger partial charge is 0.496 e. The molecule has 0 aromatic heterocycles. The third kappa shape index (κ3) is 3.13. The van der Waals surface area contributed by atoms with Gasteiger partial charge in [-0.25, -0.2) is 4.79 Å². The summed E-state index contributed by atoms with van der Waals surface area (Å²) in [5.74, 6) is 0.355. The molecule has 3 nitrogen and oxygen atoms in total. The second kappa shape index (κ2) is 5.92. The van der Waals surface area contributed by atoms with Crippen molar-refractivity contribution in [1.29, 1.82) is 0 Å². The zero-order chi connectivity index (χ0) is 13.0. The molecule has 0 saturated heterocycles. The second-order valence-corrected chi connectivity index (χ2v) is 4.39. The number of methoxy groups -OCH3 is 1. The Kier molecular flexibility index (Phi) is 4.82. The van der Waals surface area contributed by atoms with Gasteiger partial charge in [-0.15, -0.1) is 0 Å². The van der Waals surface area contributed by atoms with Crippen LogP contribution in [-0.4, -0.2) is 19.7 Å². The van der Waals surface area contributed by atoms with E-state index in [-0.39, 0.29) is 5.92 Å². The van der Waals surface area contributed by atoms with E-state index >= 15 is 0 Å². The van der Waals surface area contributed by atoms with Crippen molar-refractivity contribution in [3.8, 4) is 5.75 Å². The van der Waals surface area contributed by atoms with Crippen LogP contribution < -0.4 is 4.74 Å². The first-order valence-corrected chi connectivity index (χ1v) is 5.93. The number of benzene rings is 1. The lowest BCUT2D eigenvalue weighted by molar-refractivity contribution is 0.0522. The maximum absolute atomic E-state index is 11.8. The summed E-state index contributed by atoms with van der Waals surface area (Å²) in [6, 6.07) is 3.39. The number of hydrogen-bond acceptors (Lipinski definition) is 3. The summed E-state index contributed by atoms with van der Waals surface area (Å²) >= 11 is 6.00. The Balaban J connectivity index is 3.32. The van der Waals surface area contributed by atoms with Crippen molar-refractivity contribution in [2.75, 3.05) is 13.7 Å². The van der Waals surface area contributed by atoms with Gasteiger partial charge in [0.1, 0.15) is 11.3 Å². The van der Waals surface area contributed by atoms with Crippen molar-refractivity contribution in [2.24, 2.45) is 0 Å². The topological polar surface area (TPSA) is 35.5 Å². The molecule has 0 spiro atoms. The fourth-order valence-electron chi connectivity index (χ4n) is 1.63. The van der Waals surface area contributed by atoms with E-state index < -0.39 is 5.97 Å². The molecule has 0 unspecified atom stereocenters. The SMILES string of the molecule is CCOC(=O)c1cc(Cl)cc(C(C)C)c1OC. The number of esters is 1. The maximum Gasteiger partial charge on any atom is 0.341 e. The average Bonchev–Trinajstić information content (AvgIpc) is 2.28. The smallest absolute Gasteiger partial charge is 0.341 e. The van der Waals surface area contributed by atoms with Gasteiger partial charge in [-0.1, -0.05) is 25.4 Å². The van der Waals surface area contributed by atoms with Crippen LogP contribution in [0.4, 0.5) is 0 Å². The van der Waals surface area contributed by atoms with Gasteiger partial charge < -0.3 is 9.47 Å². The van der Waals surface area contributed by atoms with E-state index in [1.165, 1.54) is 7.11 Å². The minimum absolute atomic E-state index is 0.219. The van der Waals surface area contributed by atoms with E-state index in [2.05, 4.69) is 0 Å². The predicted molar refractivity (Wildman–Crippen MR) is 68.0 cm³/mol. The van der Waals surface area contributed by atoms with E-state index in [0.717, 1.165) is 5.56 Å².